The van der Waals surface area contributed by atoms with Crippen molar-refractivity contribution in [3.63, 3.8) is 0 Å². The minimum absolute atomic E-state index is 0.0727. The van der Waals surface area contributed by atoms with Crippen LogP contribution >= 0.6 is 0 Å². The number of piperazine rings is 1. The molecule has 3 rings (SSSR count). The second-order valence-corrected chi connectivity index (χ2v) is 6.61. The predicted molar refractivity (Wildman–Crippen MR) is 99.6 cm³/mol. The third kappa shape index (κ3) is 4.11. The Balaban J connectivity index is 1.54. The summed E-state index contributed by atoms with van der Waals surface area (Å²) in [6.45, 7) is 8.51. The van der Waals surface area contributed by atoms with Gasteiger partial charge in [-0.1, -0.05) is 5.16 Å². The van der Waals surface area contributed by atoms with Crippen LogP contribution in [0.2, 0.25) is 0 Å². The van der Waals surface area contributed by atoms with Crippen molar-refractivity contribution in [2.24, 2.45) is 0 Å². The number of hydrogen-bond donors (Lipinski definition) is 1. The summed E-state index contributed by atoms with van der Waals surface area (Å²) in [5.74, 6) is 1.10. The molecule has 1 fully saturated rings. The second-order valence-electron chi connectivity index (χ2n) is 6.61. The number of aryl methyl sites for hydroxylation is 1. The Morgan fingerprint density at radius 3 is 2.35 bits per heavy atom. The zero-order valence-corrected chi connectivity index (χ0v) is 15.4. The fraction of sp³-hybridized carbons (Fsp3) is 0.421. The highest BCUT2D eigenvalue weighted by molar-refractivity contribution is 5.94. The zero-order valence-electron chi connectivity index (χ0n) is 15.4. The van der Waals surface area contributed by atoms with Crippen LogP contribution < -0.4 is 10.2 Å². The van der Waals surface area contributed by atoms with E-state index in [0.717, 1.165) is 37.4 Å². The van der Waals surface area contributed by atoms with Crippen LogP contribution in [0.4, 0.5) is 11.5 Å². The molecule has 1 N–H and O–H groups in total. The maximum atomic E-state index is 12.4. The van der Waals surface area contributed by atoms with Gasteiger partial charge in [-0.05, 0) is 45.0 Å². The van der Waals surface area contributed by atoms with Crippen LogP contribution in [-0.4, -0.2) is 54.0 Å². The van der Waals surface area contributed by atoms with Gasteiger partial charge in [0.25, 0.3) is 0 Å². The molecule has 26 heavy (non-hydrogen) atoms. The van der Waals surface area contributed by atoms with Crippen LogP contribution in [0.3, 0.4) is 0 Å². The standard InChI is InChI=1S/C19H24N4O3/c1-13-12-18(21-26-13)20-19(25)14(2)22-8-10-23(11-9-22)17-6-4-16(5-7-17)15(3)24/h4-7,12,14H,8-11H2,1-3H3,(H,20,21,25)/t14-/m0/s1. The summed E-state index contributed by atoms with van der Waals surface area (Å²) in [6.07, 6.45) is 0. The molecule has 1 atom stereocenters. The highest BCUT2D eigenvalue weighted by Crippen LogP contribution is 2.19. The molecule has 0 unspecified atom stereocenters. The van der Waals surface area contributed by atoms with Crippen molar-refractivity contribution in [3.8, 4) is 0 Å². The minimum atomic E-state index is -0.241. The SMILES string of the molecule is CC(=O)c1ccc(N2CCN([C@@H](C)C(=O)Nc3cc(C)on3)CC2)cc1. The molecule has 0 aliphatic carbocycles. The molecule has 2 aromatic rings. The van der Waals surface area contributed by atoms with Crippen LogP contribution in [0, 0.1) is 6.92 Å². The summed E-state index contributed by atoms with van der Waals surface area (Å²) < 4.78 is 4.97. The summed E-state index contributed by atoms with van der Waals surface area (Å²) in [5.41, 5.74) is 1.82. The van der Waals surface area contributed by atoms with Crippen molar-refractivity contribution in [3.05, 3.63) is 41.7 Å². The first-order valence-corrected chi connectivity index (χ1v) is 8.78. The average Bonchev–Trinajstić information content (AvgIpc) is 3.06. The van der Waals surface area contributed by atoms with Gasteiger partial charge in [0.05, 0.1) is 6.04 Å². The van der Waals surface area contributed by atoms with Crippen molar-refractivity contribution in [1.29, 1.82) is 0 Å². The number of carbonyl (C=O) groups is 2. The number of rotatable bonds is 5. The van der Waals surface area contributed by atoms with E-state index in [1.807, 2.05) is 31.2 Å². The molecule has 1 aromatic heterocycles. The quantitative estimate of drug-likeness (QED) is 0.829. The molecule has 0 saturated carbocycles. The molecular weight excluding hydrogens is 332 g/mol. The van der Waals surface area contributed by atoms with Crippen molar-refractivity contribution in [1.82, 2.24) is 10.1 Å². The van der Waals surface area contributed by atoms with Gasteiger partial charge in [0.1, 0.15) is 5.76 Å². The van der Waals surface area contributed by atoms with E-state index >= 15 is 0 Å². The predicted octanol–water partition coefficient (Wildman–Crippen LogP) is 2.33. The van der Waals surface area contributed by atoms with E-state index in [4.69, 9.17) is 4.52 Å². The van der Waals surface area contributed by atoms with Crippen LogP contribution in [0.25, 0.3) is 0 Å². The monoisotopic (exact) mass is 356 g/mol. The van der Waals surface area contributed by atoms with Crippen molar-refractivity contribution in [2.45, 2.75) is 26.8 Å². The van der Waals surface area contributed by atoms with E-state index in [9.17, 15) is 9.59 Å². The molecule has 0 radical (unpaired) electrons. The highest BCUT2D eigenvalue weighted by Gasteiger charge is 2.26. The van der Waals surface area contributed by atoms with Gasteiger partial charge in [0, 0.05) is 43.5 Å². The van der Waals surface area contributed by atoms with E-state index in [0.29, 0.717) is 11.6 Å². The highest BCUT2D eigenvalue weighted by atomic mass is 16.5. The van der Waals surface area contributed by atoms with Crippen molar-refractivity contribution < 1.29 is 14.1 Å². The van der Waals surface area contributed by atoms with Gasteiger partial charge in [0.15, 0.2) is 11.6 Å². The first-order valence-electron chi connectivity index (χ1n) is 8.78. The number of benzene rings is 1. The lowest BCUT2D eigenvalue weighted by Gasteiger charge is -2.38. The number of ketones is 1. The van der Waals surface area contributed by atoms with Gasteiger partial charge in [0.2, 0.25) is 5.91 Å². The zero-order chi connectivity index (χ0) is 18.7. The van der Waals surface area contributed by atoms with Crippen LogP contribution in [-0.2, 0) is 4.79 Å². The lowest BCUT2D eigenvalue weighted by molar-refractivity contribution is -0.120. The summed E-state index contributed by atoms with van der Waals surface area (Å²) in [5, 5.41) is 6.59. The number of anilines is 2. The summed E-state index contributed by atoms with van der Waals surface area (Å²) in [4.78, 5) is 28.2. The Morgan fingerprint density at radius 1 is 1.15 bits per heavy atom. The second kappa shape index (κ2) is 7.70. The first-order chi connectivity index (χ1) is 12.4. The molecule has 0 bridgehead atoms. The third-order valence-electron chi connectivity index (χ3n) is 4.76. The Morgan fingerprint density at radius 2 is 1.81 bits per heavy atom. The molecule has 1 aromatic carbocycles. The molecule has 2 heterocycles. The van der Waals surface area contributed by atoms with Gasteiger partial charge in [-0.3, -0.25) is 14.5 Å². The Bertz CT molecular complexity index is 776. The van der Waals surface area contributed by atoms with Gasteiger partial charge in [-0.2, -0.15) is 0 Å². The number of aromatic nitrogens is 1. The molecule has 1 amide bonds. The van der Waals surface area contributed by atoms with E-state index in [1.54, 1.807) is 19.9 Å². The molecular formula is C19H24N4O3. The number of amides is 1. The van der Waals surface area contributed by atoms with Crippen LogP contribution in [0.1, 0.15) is 30.0 Å². The molecule has 1 aliphatic heterocycles. The molecule has 7 heteroatoms. The first kappa shape index (κ1) is 18.1. The fourth-order valence-corrected chi connectivity index (χ4v) is 3.10. The van der Waals surface area contributed by atoms with Crippen LogP contribution in [0.15, 0.2) is 34.9 Å². The van der Waals surface area contributed by atoms with E-state index in [2.05, 4.69) is 20.3 Å². The number of hydrogen-bond acceptors (Lipinski definition) is 6. The minimum Gasteiger partial charge on any atom is -0.369 e. The summed E-state index contributed by atoms with van der Waals surface area (Å²) in [7, 11) is 0. The van der Waals surface area contributed by atoms with Crippen LogP contribution in [0.5, 0.6) is 0 Å². The number of nitrogens with one attached hydrogen (secondary N) is 1. The Kier molecular flexibility index (Phi) is 5.37. The summed E-state index contributed by atoms with van der Waals surface area (Å²) in [6, 6.07) is 9.15. The smallest absolute Gasteiger partial charge is 0.242 e. The maximum absolute atomic E-state index is 12.4. The largest absolute Gasteiger partial charge is 0.369 e. The normalized spacial score (nSPS) is 16.3. The average molecular weight is 356 g/mol. The number of Topliss-reactive ketones (excluding diaryl/α,β-unsaturated/α-hetero) is 1. The molecule has 1 aliphatic rings. The van der Waals surface area contributed by atoms with Crippen molar-refractivity contribution >= 4 is 23.2 Å². The Hall–Kier alpha value is -2.67. The molecule has 138 valence electrons. The lowest BCUT2D eigenvalue weighted by atomic mass is 10.1. The van der Waals surface area contributed by atoms with E-state index in [-0.39, 0.29) is 17.7 Å². The van der Waals surface area contributed by atoms with Gasteiger partial charge < -0.3 is 14.7 Å². The van der Waals surface area contributed by atoms with Gasteiger partial charge in [-0.25, -0.2) is 0 Å². The Labute approximate surface area is 152 Å². The fourth-order valence-electron chi connectivity index (χ4n) is 3.10. The van der Waals surface area contributed by atoms with Crippen molar-refractivity contribution in [2.75, 3.05) is 36.4 Å². The number of carbonyl (C=O) groups excluding carboxylic acids is 2. The number of nitrogens with zero attached hydrogens (tertiary/aromatic N) is 3. The lowest BCUT2D eigenvalue weighted by Crippen LogP contribution is -2.52. The van der Waals surface area contributed by atoms with Gasteiger partial charge >= 0.3 is 0 Å². The topological polar surface area (TPSA) is 78.7 Å². The molecule has 0 spiro atoms. The third-order valence-corrected chi connectivity index (χ3v) is 4.76. The summed E-state index contributed by atoms with van der Waals surface area (Å²) >= 11 is 0. The van der Waals surface area contributed by atoms with E-state index in [1.165, 1.54) is 0 Å². The maximum Gasteiger partial charge on any atom is 0.242 e. The van der Waals surface area contributed by atoms with E-state index < -0.39 is 0 Å². The molecule has 7 nitrogen and oxygen atoms in total. The van der Waals surface area contributed by atoms with Gasteiger partial charge in [-0.15, -0.1) is 0 Å². The molecule has 1 saturated heterocycles.